The minimum atomic E-state index is -0.720. The number of hydrogen-bond donors (Lipinski definition) is 2. The molecule has 4 nitrogen and oxygen atoms in total. The Morgan fingerprint density at radius 2 is 1.64 bits per heavy atom. The van der Waals surface area contributed by atoms with Gasteiger partial charge in [-0.05, 0) is 30.0 Å². The lowest BCUT2D eigenvalue weighted by Crippen LogP contribution is -2.50. The highest BCUT2D eigenvalue weighted by Crippen LogP contribution is 2.09. The molecule has 0 aliphatic rings. The lowest BCUT2D eigenvalue weighted by atomic mass is 10.0. The van der Waals surface area contributed by atoms with Crippen molar-refractivity contribution in [1.29, 1.82) is 0 Å². The topological polar surface area (TPSA) is 58.2 Å². The maximum Gasteiger partial charge on any atom is 0.254 e. The largest absolute Gasteiger partial charge is 0.354 e. The number of nitrogens with one attached hydrogen (secondary N) is 2. The minimum absolute atomic E-state index is 0.0646. The molecule has 0 aliphatic carbocycles. The highest BCUT2D eigenvalue weighted by molar-refractivity contribution is 5.97. The number of rotatable bonds is 7. The van der Waals surface area contributed by atoms with Gasteiger partial charge in [-0.25, -0.2) is 4.39 Å². The second-order valence-electron chi connectivity index (χ2n) is 6.20. The van der Waals surface area contributed by atoms with Gasteiger partial charge < -0.3 is 10.6 Å². The molecule has 0 aliphatic heterocycles. The van der Waals surface area contributed by atoms with Crippen LogP contribution in [0.25, 0.3) is 0 Å². The van der Waals surface area contributed by atoms with Crippen LogP contribution >= 0.6 is 0 Å². The van der Waals surface area contributed by atoms with Gasteiger partial charge in [-0.15, -0.1) is 0 Å². The van der Waals surface area contributed by atoms with Gasteiger partial charge in [-0.1, -0.05) is 56.3 Å². The van der Waals surface area contributed by atoms with E-state index in [1.807, 2.05) is 44.2 Å². The molecule has 0 saturated carbocycles. The van der Waals surface area contributed by atoms with Crippen LogP contribution in [0.1, 0.15) is 29.8 Å². The molecule has 0 heterocycles. The van der Waals surface area contributed by atoms with Crippen molar-refractivity contribution in [3.63, 3.8) is 0 Å². The maximum atomic E-state index is 13.7. The second kappa shape index (κ2) is 8.97. The molecule has 5 heteroatoms. The van der Waals surface area contributed by atoms with Gasteiger partial charge in [-0.3, -0.25) is 9.59 Å². The maximum absolute atomic E-state index is 13.7. The summed E-state index contributed by atoms with van der Waals surface area (Å²) in [6, 6.07) is 14.8. The number of carbonyl (C=O) groups is 2. The van der Waals surface area contributed by atoms with Crippen LogP contribution in [0.5, 0.6) is 0 Å². The third-order valence-electron chi connectivity index (χ3n) is 3.91. The summed E-state index contributed by atoms with van der Waals surface area (Å²) < 4.78 is 13.7. The summed E-state index contributed by atoms with van der Waals surface area (Å²) in [4.78, 5) is 24.7. The summed E-state index contributed by atoms with van der Waals surface area (Å²) in [6.45, 7) is 4.15. The van der Waals surface area contributed by atoms with E-state index in [1.54, 1.807) is 6.07 Å². The van der Waals surface area contributed by atoms with E-state index < -0.39 is 17.8 Å². The van der Waals surface area contributed by atoms with Crippen molar-refractivity contribution in [2.75, 3.05) is 6.54 Å². The lowest BCUT2D eigenvalue weighted by Gasteiger charge is -2.22. The summed E-state index contributed by atoms with van der Waals surface area (Å²) in [5, 5.41) is 5.47. The first kappa shape index (κ1) is 18.6. The second-order valence-corrected chi connectivity index (χ2v) is 6.20. The molecule has 2 aromatic rings. The summed E-state index contributed by atoms with van der Waals surface area (Å²) in [5.74, 6) is -1.58. The normalized spacial score (nSPS) is 11.8. The van der Waals surface area contributed by atoms with Crippen LogP contribution in [0.4, 0.5) is 4.39 Å². The summed E-state index contributed by atoms with van der Waals surface area (Å²) in [7, 11) is 0. The number of amides is 2. The zero-order chi connectivity index (χ0) is 18.2. The molecule has 2 amide bonds. The first-order chi connectivity index (χ1) is 12.0. The minimum Gasteiger partial charge on any atom is -0.354 e. The average Bonchev–Trinajstić information content (AvgIpc) is 2.60. The van der Waals surface area contributed by atoms with E-state index in [2.05, 4.69) is 10.6 Å². The zero-order valence-electron chi connectivity index (χ0n) is 14.5. The molecular weight excluding hydrogens is 319 g/mol. The van der Waals surface area contributed by atoms with Crippen molar-refractivity contribution >= 4 is 11.8 Å². The molecule has 25 heavy (non-hydrogen) atoms. The Balaban J connectivity index is 1.94. The number of benzene rings is 2. The highest BCUT2D eigenvalue weighted by atomic mass is 19.1. The van der Waals surface area contributed by atoms with Crippen LogP contribution in [0, 0.1) is 11.7 Å². The average molecular weight is 342 g/mol. The third kappa shape index (κ3) is 5.41. The van der Waals surface area contributed by atoms with Crippen molar-refractivity contribution in [2.45, 2.75) is 26.3 Å². The van der Waals surface area contributed by atoms with Gasteiger partial charge in [0, 0.05) is 6.54 Å². The Morgan fingerprint density at radius 3 is 2.28 bits per heavy atom. The van der Waals surface area contributed by atoms with Gasteiger partial charge in [0.25, 0.3) is 5.91 Å². The van der Waals surface area contributed by atoms with E-state index in [9.17, 15) is 14.0 Å². The molecule has 1 atom stereocenters. The number of carbonyl (C=O) groups excluding carboxylic acids is 2. The quantitative estimate of drug-likeness (QED) is 0.813. The molecule has 0 radical (unpaired) electrons. The smallest absolute Gasteiger partial charge is 0.254 e. The monoisotopic (exact) mass is 342 g/mol. The Hall–Kier alpha value is -2.69. The Labute approximate surface area is 147 Å². The van der Waals surface area contributed by atoms with Crippen LogP contribution in [0.2, 0.25) is 0 Å². The van der Waals surface area contributed by atoms with Crippen LogP contribution in [0.3, 0.4) is 0 Å². The van der Waals surface area contributed by atoms with E-state index in [4.69, 9.17) is 0 Å². The van der Waals surface area contributed by atoms with Gasteiger partial charge in [-0.2, -0.15) is 0 Å². The first-order valence-corrected chi connectivity index (χ1v) is 8.36. The van der Waals surface area contributed by atoms with Crippen LogP contribution in [-0.2, 0) is 11.2 Å². The fourth-order valence-electron chi connectivity index (χ4n) is 2.48. The Bertz CT molecular complexity index is 717. The lowest BCUT2D eigenvalue weighted by molar-refractivity contribution is -0.123. The molecule has 132 valence electrons. The van der Waals surface area contributed by atoms with Crippen molar-refractivity contribution in [2.24, 2.45) is 5.92 Å². The van der Waals surface area contributed by atoms with E-state index in [0.717, 1.165) is 5.56 Å². The molecule has 2 N–H and O–H groups in total. The van der Waals surface area contributed by atoms with Crippen molar-refractivity contribution in [1.82, 2.24) is 10.6 Å². The van der Waals surface area contributed by atoms with Gasteiger partial charge in [0.15, 0.2) is 0 Å². The van der Waals surface area contributed by atoms with Gasteiger partial charge in [0.05, 0.1) is 5.56 Å². The Morgan fingerprint density at radius 1 is 1.00 bits per heavy atom. The standard InChI is InChI=1S/C20H23FN2O2/c1-14(2)18(23-19(24)16-10-6-7-11-17(16)21)20(25)22-13-12-15-8-4-3-5-9-15/h3-11,14,18H,12-13H2,1-2H3,(H,22,25)(H,23,24)/t18-/m0/s1. The molecule has 0 unspecified atom stereocenters. The van der Waals surface area contributed by atoms with Gasteiger partial charge in [0.1, 0.15) is 11.9 Å². The van der Waals surface area contributed by atoms with Crippen LogP contribution < -0.4 is 10.6 Å². The molecule has 0 spiro atoms. The predicted molar refractivity (Wildman–Crippen MR) is 95.6 cm³/mol. The SMILES string of the molecule is CC(C)[C@H](NC(=O)c1ccccc1F)C(=O)NCCc1ccccc1. The summed E-state index contributed by atoms with van der Waals surface area (Å²) in [5.41, 5.74) is 1.06. The van der Waals surface area contributed by atoms with E-state index in [-0.39, 0.29) is 17.4 Å². The first-order valence-electron chi connectivity index (χ1n) is 8.36. The van der Waals surface area contributed by atoms with E-state index in [1.165, 1.54) is 18.2 Å². The van der Waals surface area contributed by atoms with Crippen molar-refractivity contribution < 1.29 is 14.0 Å². The highest BCUT2D eigenvalue weighted by Gasteiger charge is 2.25. The number of halogens is 1. The van der Waals surface area contributed by atoms with Crippen LogP contribution in [0.15, 0.2) is 54.6 Å². The van der Waals surface area contributed by atoms with Gasteiger partial charge >= 0.3 is 0 Å². The molecule has 0 aromatic heterocycles. The van der Waals surface area contributed by atoms with E-state index in [0.29, 0.717) is 13.0 Å². The van der Waals surface area contributed by atoms with E-state index >= 15 is 0 Å². The fourth-order valence-corrected chi connectivity index (χ4v) is 2.48. The molecule has 0 fully saturated rings. The molecular formula is C20H23FN2O2. The molecule has 2 aromatic carbocycles. The van der Waals surface area contributed by atoms with Crippen molar-refractivity contribution in [3.8, 4) is 0 Å². The van der Waals surface area contributed by atoms with Crippen LogP contribution in [-0.4, -0.2) is 24.4 Å². The predicted octanol–water partition coefficient (Wildman–Crippen LogP) is 2.94. The summed E-state index contributed by atoms with van der Waals surface area (Å²) >= 11 is 0. The molecule has 0 saturated heterocycles. The molecule has 2 rings (SSSR count). The number of hydrogen-bond acceptors (Lipinski definition) is 2. The summed E-state index contributed by atoms with van der Waals surface area (Å²) in [6.07, 6.45) is 0.707. The van der Waals surface area contributed by atoms with Gasteiger partial charge in [0.2, 0.25) is 5.91 Å². The molecule has 0 bridgehead atoms. The van der Waals surface area contributed by atoms with Crippen molar-refractivity contribution in [3.05, 3.63) is 71.5 Å². The third-order valence-corrected chi connectivity index (χ3v) is 3.91. The fraction of sp³-hybridized carbons (Fsp3) is 0.300. The zero-order valence-corrected chi connectivity index (χ0v) is 14.5. The Kier molecular flexibility index (Phi) is 6.69.